The maximum Gasteiger partial charge on any atom is 0.234 e. The fourth-order valence-electron chi connectivity index (χ4n) is 1.54. The van der Waals surface area contributed by atoms with Crippen LogP contribution in [0.5, 0.6) is 0 Å². The Labute approximate surface area is 111 Å². The molecule has 0 saturated heterocycles. The van der Waals surface area contributed by atoms with Crippen molar-refractivity contribution in [2.45, 2.75) is 13.8 Å². The molecule has 0 unspecified atom stereocenters. The largest absolute Gasteiger partial charge is 0.398 e. The number of hydrogen-bond acceptors (Lipinski definition) is 5. The first kappa shape index (κ1) is 12.6. The number of hydrogen-bond donors (Lipinski definition) is 1. The number of nitrogens with two attached hydrogens (primary N) is 1. The molecule has 5 nitrogen and oxygen atoms in total. The Morgan fingerprint density at radius 3 is 2.50 bits per heavy atom. The third-order valence-corrected chi connectivity index (χ3v) is 2.83. The average Bonchev–Trinajstić information content (AvgIpc) is 2.30. The molecule has 1 aromatic carbocycles. The van der Waals surface area contributed by atoms with Crippen molar-refractivity contribution in [2.24, 2.45) is 0 Å². The van der Waals surface area contributed by atoms with Gasteiger partial charge in [-0.25, -0.2) is 4.98 Å². The number of benzene rings is 1. The van der Waals surface area contributed by atoms with Gasteiger partial charge >= 0.3 is 0 Å². The second-order valence-corrected chi connectivity index (χ2v) is 4.39. The summed E-state index contributed by atoms with van der Waals surface area (Å²) in [5, 5.41) is 0.185. The fourth-order valence-corrected chi connectivity index (χ4v) is 1.74. The van der Waals surface area contributed by atoms with Gasteiger partial charge in [-0.3, -0.25) is 0 Å². The summed E-state index contributed by atoms with van der Waals surface area (Å²) in [6.07, 6.45) is 0. The molecular weight excluding hydrogens is 250 g/mol. The van der Waals surface area contributed by atoms with E-state index in [1.54, 1.807) is 6.92 Å². The summed E-state index contributed by atoms with van der Waals surface area (Å²) < 4.78 is 0. The van der Waals surface area contributed by atoms with Gasteiger partial charge in [0.2, 0.25) is 11.2 Å². The molecule has 2 N–H and O–H groups in total. The molecule has 0 spiro atoms. The van der Waals surface area contributed by atoms with Gasteiger partial charge in [0.05, 0.1) is 0 Å². The number of halogens is 1. The van der Waals surface area contributed by atoms with E-state index in [0.29, 0.717) is 11.8 Å². The summed E-state index contributed by atoms with van der Waals surface area (Å²) in [4.78, 5) is 14.1. The Morgan fingerprint density at radius 2 is 1.89 bits per heavy atom. The first-order valence-corrected chi connectivity index (χ1v) is 5.83. The van der Waals surface area contributed by atoms with Gasteiger partial charge < -0.3 is 10.6 Å². The Balaban J connectivity index is 2.40. The SMILES string of the molecule is Cc1nc(Cl)nc(N(C)c2ccc(C)c(N)c2)n1. The monoisotopic (exact) mass is 263 g/mol. The minimum absolute atomic E-state index is 0.185. The standard InChI is InChI=1S/C12H14ClN5/c1-7-4-5-9(6-10(7)14)18(3)12-16-8(2)15-11(13)17-12/h4-6H,14H2,1-3H3. The van der Waals surface area contributed by atoms with Crippen molar-refractivity contribution < 1.29 is 0 Å². The van der Waals surface area contributed by atoms with E-state index < -0.39 is 0 Å². The average molecular weight is 264 g/mol. The predicted molar refractivity (Wildman–Crippen MR) is 73.2 cm³/mol. The molecule has 0 aliphatic rings. The number of aryl methyl sites for hydroxylation is 2. The Bertz CT molecular complexity index is 564. The van der Waals surface area contributed by atoms with E-state index in [2.05, 4.69) is 15.0 Å². The van der Waals surface area contributed by atoms with Crippen LogP contribution >= 0.6 is 11.6 Å². The molecule has 0 atom stereocenters. The number of nitrogen functional groups attached to an aromatic ring is 1. The Morgan fingerprint density at radius 1 is 1.17 bits per heavy atom. The van der Waals surface area contributed by atoms with Crippen LogP contribution in [0.4, 0.5) is 17.3 Å². The van der Waals surface area contributed by atoms with Crippen LogP contribution in [0.2, 0.25) is 5.28 Å². The summed E-state index contributed by atoms with van der Waals surface area (Å²) >= 11 is 5.82. The molecule has 0 aliphatic heterocycles. The van der Waals surface area contributed by atoms with E-state index in [1.807, 2.05) is 37.1 Å². The van der Waals surface area contributed by atoms with Crippen LogP contribution in [-0.4, -0.2) is 22.0 Å². The van der Waals surface area contributed by atoms with E-state index in [1.165, 1.54) is 0 Å². The molecule has 6 heteroatoms. The minimum atomic E-state index is 0.185. The topological polar surface area (TPSA) is 67.9 Å². The minimum Gasteiger partial charge on any atom is -0.398 e. The lowest BCUT2D eigenvalue weighted by Crippen LogP contribution is -2.14. The number of nitrogens with zero attached hydrogens (tertiary/aromatic N) is 4. The molecule has 0 bridgehead atoms. The Kier molecular flexibility index (Phi) is 3.34. The van der Waals surface area contributed by atoms with Crippen LogP contribution in [0.3, 0.4) is 0 Å². The number of aromatic nitrogens is 3. The first-order chi connectivity index (χ1) is 8.47. The summed E-state index contributed by atoms with van der Waals surface area (Å²) in [6, 6.07) is 5.79. The first-order valence-electron chi connectivity index (χ1n) is 5.45. The van der Waals surface area contributed by atoms with Gasteiger partial charge in [0.15, 0.2) is 0 Å². The van der Waals surface area contributed by atoms with Crippen LogP contribution in [0.15, 0.2) is 18.2 Å². The lowest BCUT2D eigenvalue weighted by Gasteiger charge is -2.18. The third-order valence-electron chi connectivity index (χ3n) is 2.66. The van der Waals surface area contributed by atoms with E-state index >= 15 is 0 Å². The molecule has 2 aromatic rings. The van der Waals surface area contributed by atoms with Crippen molar-refractivity contribution in [3.63, 3.8) is 0 Å². The normalized spacial score (nSPS) is 10.4. The van der Waals surface area contributed by atoms with Crippen LogP contribution < -0.4 is 10.6 Å². The molecule has 0 amide bonds. The van der Waals surface area contributed by atoms with Crippen molar-refractivity contribution in [3.05, 3.63) is 34.9 Å². The van der Waals surface area contributed by atoms with Gasteiger partial charge in [-0.2, -0.15) is 9.97 Å². The van der Waals surface area contributed by atoms with E-state index in [4.69, 9.17) is 17.3 Å². The summed E-state index contributed by atoms with van der Waals surface area (Å²) in [7, 11) is 1.86. The molecule has 0 aliphatic carbocycles. The molecular formula is C12H14ClN5. The lowest BCUT2D eigenvalue weighted by atomic mass is 10.2. The number of rotatable bonds is 2. The highest BCUT2D eigenvalue weighted by molar-refractivity contribution is 6.28. The smallest absolute Gasteiger partial charge is 0.234 e. The molecule has 18 heavy (non-hydrogen) atoms. The van der Waals surface area contributed by atoms with Gasteiger partial charge in [-0.15, -0.1) is 0 Å². The van der Waals surface area contributed by atoms with Crippen LogP contribution in [-0.2, 0) is 0 Å². The van der Waals surface area contributed by atoms with Crippen molar-refractivity contribution in [1.29, 1.82) is 0 Å². The molecule has 1 heterocycles. The molecule has 0 fully saturated rings. The highest BCUT2D eigenvalue weighted by Gasteiger charge is 2.10. The van der Waals surface area contributed by atoms with E-state index in [-0.39, 0.29) is 5.28 Å². The molecule has 94 valence electrons. The number of anilines is 3. The quantitative estimate of drug-likeness (QED) is 0.843. The van der Waals surface area contributed by atoms with Gasteiger partial charge in [0.1, 0.15) is 5.82 Å². The summed E-state index contributed by atoms with van der Waals surface area (Å²) in [6.45, 7) is 3.73. The van der Waals surface area contributed by atoms with Gasteiger partial charge in [-0.1, -0.05) is 6.07 Å². The fraction of sp³-hybridized carbons (Fsp3) is 0.250. The molecule has 2 rings (SSSR count). The summed E-state index contributed by atoms with van der Waals surface area (Å²) in [5.74, 6) is 1.08. The third kappa shape index (κ3) is 2.51. The van der Waals surface area contributed by atoms with Crippen LogP contribution in [0.1, 0.15) is 11.4 Å². The van der Waals surface area contributed by atoms with Crippen molar-refractivity contribution in [2.75, 3.05) is 17.7 Å². The van der Waals surface area contributed by atoms with Crippen molar-refractivity contribution in [1.82, 2.24) is 15.0 Å². The zero-order valence-electron chi connectivity index (χ0n) is 10.5. The second kappa shape index (κ2) is 4.78. The molecule has 1 aromatic heterocycles. The molecule has 0 radical (unpaired) electrons. The zero-order valence-corrected chi connectivity index (χ0v) is 11.2. The predicted octanol–water partition coefficient (Wildman–Crippen LogP) is 2.49. The zero-order chi connectivity index (χ0) is 13.3. The Hall–Kier alpha value is -1.88. The lowest BCUT2D eigenvalue weighted by molar-refractivity contribution is 0.937. The highest BCUT2D eigenvalue weighted by atomic mass is 35.5. The maximum absolute atomic E-state index is 5.89. The van der Waals surface area contributed by atoms with Gasteiger partial charge in [0.25, 0.3) is 0 Å². The van der Waals surface area contributed by atoms with E-state index in [9.17, 15) is 0 Å². The van der Waals surface area contributed by atoms with Crippen LogP contribution in [0.25, 0.3) is 0 Å². The van der Waals surface area contributed by atoms with Crippen molar-refractivity contribution >= 4 is 28.9 Å². The van der Waals surface area contributed by atoms with Crippen molar-refractivity contribution in [3.8, 4) is 0 Å². The van der Waals surface area contributed by atoms with Crippen LogP contribution in [0, 0.1) is 13.8 Å². The summed E-state index contributed by atoms with van der Waals surface area (Å²) in [5.41, 5.74) is 8.56. The van der Waals surface area contributed by atoms with Gasteiger partial charge in [0, 0.05) is 18.4 Å². The highest BCUT2D eigenvalue weighted by Crippen LogP contribution is 2.24. The molecule has 0 saturated carbocycles. The second-order valence-electron chi connectivity index (χ2n) is 4.05. The van der Waals surface area contributed by atoms with Gasteiger partial charge in [-0.05, 0) is 43.1 Å². The maximum atomic E-state index is 5.89. The van der Waals surface area contributed by atoms with E-state index in [0.717, 1.165) is 16.9 Å².